The summed E-state index contributed by atoms with van der Waals surface area (Å²) in [5.74, 6) is 3.17. The van der Waals surface area contributed by atoms with Crippen molar-refractivity contribution in [3.8, 4) is 0 Å². The van der Waals surface area contributed by atoms with Gasteiger partial charge in [-0.3, -0.25) is 4.79 Å². The third-order valence-corrected chi connectivity index (χ3v) is 0.699. The standard InChI is InChI=1S/C4H8N2O2/c1-3(2-6-5)4(7)8/h2-3H,5H2,1H3,(H,7,8)/b6-2-. The van der Waals surface area contributed by atoms with Crippen molar-refractivity contribution in [2.75, 3.05) is 0 Å². The van der Waals surface area contributed by atoms with Gasteiger partial charge in [0.25, 0.3) is 0 Å². The number of nitrogens with two attached hydrogens (primary N) is 1. The molecule has 0 aliphatic heterocycles. The first-order valence-electron chi connectivity index (χ1n) is 2.14. The monoisotopic (exact) mass is 116 g/mol. The lowest BCUT2D eigenvalue weighted by Gasteiger charge is -1.92. The van der Waals surface area contributed by atoms with E-state index in [1.54, 1.807) is 0 Å². The van der Waals surface area contributed by atoms with Gasteiger partial charge in [0.15, 0.2) is 0 Å². The Hall–Kier alpha value is -1.06. The van der Waals surface area contributed by atoms with Crippen LogP contribution in [0, 0.1) is 5.92 Å². The Morgan fingerprint density at radius 3 is 2.62 bits per heavy atom. The van der Waals surface area contributed by atoms with E-state index in [2.05, 4.69) is 10.9 Å². The largest absolute Gasteiger partial charge is 0.481 e. The smallest absolute Gasteiger partial charge is 0.311 e. The van der Waals surface area contributed by atoms with Gasteiger partial charge in [-0.25, -0.2) is 0 Å². The van der Waals surface area contributed by atoms with E-state index in [0.717, 1.165) is 0 Å². The molecule has 0 aromatic rings. The molecule has 4 heteroatoms. The molecule has 0 rings (SSSR count). The first kappa shape index (κ1) is 6.94. The van der Waals surface area contributed by atoms with Crippen LogP contribution >= 0.6 is 0 Å². The summed E-state index contributed by atoms with van der Waals surface area (Å²) in [6.45, 7) is 1.50. The van der Waals surface area contributed by atoms with Crippen LogP contribution in [0.4, 0.5) is 0 Å². The van der Waals surface area contributed by atoms with Crippen molar-refractivity contribution >= 4 is 12.2 Å². The molecule has 0 aromatic carbocycles. The van der Waals surface area contributed by atoms with Gasteiger partial charge in [-0.15, -0.1) is 0 Å². The number of hydrogen-bond donors (Lipinski definition) is 2. The van der Waals surface area contributed by atoms with Gasteiger partial charge in [-0.2, -0.15) is 5.10 Å². The summed E-state index contributed by atoms with van der Waals surface area (Å²) in [5.41, 5.74) is 0. The number of aliphatic carboxylic acids is 1. The van der Waals surface area contributed by atoms with E-state index >= 15 is 0 Å². The highest BCUT2D eigenvalue weighted by Crippen LogP contribution is 1.86. The van der Waals surface area contributed by atoms with E-state index in [-0.39, 0.29) is 0 Å². The van der Waals surface area contributed by atoms with Gasteiger partial charge >= 0.3 is 5.97 Å². The minimum atomic E-state index is -0.917. The number of carboxylic acid groups (broad SMARTS) is 1. The summed E-state index contributed by atoms with van der Waals surface area (Å²) >= 11 is 0. The Morgan fingerprint density at radius 2 is 2.50 bits per heavy atom. The first-order chi connectivity index (χ1) is 3.68. The third-order valence-electron chi connectivity index (χ3n) is 0.699. The second-order valence-electron chi connectivity index (χ2n) is 1.43. The van der Waals surface area contributed by atoms with Crippen molar-refractivity contribution < 1.29 is 9.90 Å². The molecule has 0 fully saturated rings. The third kappa shape index (κ3) is 2.17. The Kier molecular flexibility index (Phi) is 2.61. The van der Waals surface area contributed by atoms with E-state index in [0.29, 0.717) is 0 Å². The number of rotatable bonds is 2. The summed E-state index contributed by atoms with van der Waals surface area (Å²) in [5, 5.41) is 11.2. The second-order valence-corrected chi connectivity index (χ2v) is 1.43. The Morgan fingerprint density at radius 1 is 2.00 bits per heavy atom. The lowest BCUT2D eigenvalue weighted by molar-refractivity contribution is -0.138. The zero-order valence-corrected chi connectivity index (χ0v) is 4.53. The lowest BCUT2D eigenvalue weighted by atomic mass is 10.2. The molecule has 3 N–H and O–H groups in total. The number of hydrogen-bond acceptors (Lipinski definition) is 3. The zero-order valence-electron chi connectivity index (χ0n) is 4.53. The van der Waals surface area contributed by atoms with Crippen LogP contribution in [0.3, 0.4) is 0 Å². The fourth-order valence-corrected chi connectivity index (χ4v) is 0.193. The van der Waals surface area contributed by atoms with Gasteiger partial charge in [0.05, 0.1) is 5.92 Å². The van der Waals surface area contributed by atoms with Crippen molar-refractivity contribution in [1.82, 2.24) is 0 Å². The molecule has 1 unspecified atom stereocenters. The van der Waals surface area contributed by atoms with Crippen LogP contribution in [-0.2, 0) is 4.79 Å². The molecule has 0 saturated heterocycles. The van der Waals surface area contributed by atoms with Gasteiger partial charge in [0, 0.05) is 6.21 Å². The molecule has 46 valence electrons. The minimum Gasteiger partial charge on any atom is -0.481 e. The molecule has 4 nitrogen and oxygen atoms in total. The van der Waals surface area contributed by atoms with Crippen molar-refractivity contribution in [3.63, 3.8) is 0 Å². The molecule has 0 aliphatic rings. The second kappa shape index (κ2) is 3.01. The maximum absolute atomic E-state index is 9.94. The number of nitrogens with zero attached hydrogens (tertiary/aromatic N) is 1. The van der Waals surface area contributed by atoms with Gasteiger partial charge in [0.2, 0.25) is 0 Å². The average Bonchev–Trinajstić information content (AvgIpc) is 1.67. The zero-order chi connectivity index (χ0) is 6.57. The molecule has 0 saturated carbocycles. The molecule has 0 heterocycles. The van der Waals surface area contributed by atoms with Gasteiger partial charge in [-0.1, -0.05) is 0 Å². The fraction of sp³-hybridized carbons (Fsp3) is 0.500. The van der Waals surface area contributed by atoms with E-state index in [1.165, 1.54) is 13.1 Å². The van der Waals surface area contributed by atoms with Gasteiger partial charge < -0.3 is 10.9 Å². The van der Waals surface area contributed by atoms with Gasteiger partial charge in [0.1, 0.15) is 0 Å². The topological polar surface area (TPSA) is 75.7 Å². The predicted octanol–water partition coefficient (Wildman–Crippen LogP) is -0.348. The van der Waals surface area contributed by atoms with Crippen LogP contribution < -0.4 is 5.84 Å². The summed E-state index contributed by atoms with van der Waals surface area (Å²) < 4.78 is 0. The maximum atomic E-state index is 9.94. The normalized spacial score (nSPS) is 14.1. The lowest BCUT2D eigenvalue weighted by Crippen LogP contribution is -2.11. The SMILES string of the molecule is CC(/C=N\N)C(=O)O. The summed E-state index contributed by atoms with van der Waals surface area (Å²) in [7, 11) is 0. The molecular formula is C4H8N2O2. The number of carboxylic acids is 1. The molecular weight excluding hydrogens is 108 g/mol. The molecule has 1 atom stereocenters. The van der Waals surface area contributed by atoms with Crippen molar-refractivity contribution in [3.05, 3.63) is 0 Å². The van der Waals surface area contributed by atoms with Gasteiger partial charge in [-0.05, 0) is 6.92 Å². The highest BCUT2D eigenvalue weighted by atomic mass is 16.4. The molecule has 8 heavy (non-hydrogen) atoms. The quantitative estimate of drug-likeness (QED) is 0.294. The van der Waals surface area contributed by atoms with E-state index in [1.807, 2.05) is 0 Å². The molecule has 0 spiro atoms. The average molecular weight is 116 g/mol. The molecule has 0 aromatic heterocycles. The highest BCUT2D eigenvalue weighted by molar-refractivity contribution is 5.87. The Labute approximate surface area is 47.0 Å². The van der Waals surface area contributed by atoms with Crippen LogP contribution in [0.5, 0.6) is 0 Å². The molecule has 0 aliphatic carbocycles. The van der Waals surface area contributed by atoms with Crippen LogP contribution in [0.15, 0.2) is 5.10 Å². The molecule has 0 radical (unpaired) electrons. The number of hydrazone groups is 1. The molecule has 0 amide bonds. The predicted molar refractivity (Wildman–Crippen MR) is 29.5 cm³/mol. The Balaban J connectivity index is 3.64. The van der Waals surface area contributed by atoms with Crippen LogP contribution in [-0.4, -0.2) is 17.3 Å². The van der Waals surface area contributed by atoms with Crippen molar-refractivity contribution in [1.29, 1.82) is 0 Å². The number of carbonyl (C=O) groups is 1. The fourth-order valence-electron chi connectivity index (χ4n) is 0.193. The van der Waals surface area contributed by atoms with Crippen LogP contribution in [0.1, 0.15) is 6.92 Å². The van der Waals surface area contributed by atoms with Crippen molar-refractivity contribution in [2.45, 2.75) is 6.92 Å². The van der Waals surface area contributed by atoms with Crippen LogP contribution in [0.2, 0.25) is 0 Å². The van der Waals surface area contributed by atoms with E-state index < -0.39 is 11.9 Å². The molecule has 0 bridgehead atoms. The van der Waals surface area contributed by atoms with E-state index in [9.17, 15) is 4.79 Å². The van der Waals surface area contributed by atoms with Crippen molar-refractivity contribution in [2.24, 2.45) is 16.9 Å². The highest BCUT2D eigenvalue weighted by Gasteiger charge is 2.05. The van der Waals surface area contributed by atoms with E-state index in [4.69, 9.17) is 5.11 Å². The maximum Gasteiger partial charge on any atom is 0.311 e. The first-order valence-corrected chi connectivity index (χ1v) is 2.14. The minimum absolute atomic E-state index is 0.583. The summed E-state index contributed by atoms with van der Waals surface area (Å²) in [4.78, 5) is 9.94. The summed E-state index contributed by atoms with van der Waals surface area (Å²) in [6, 6.07) is 0. The van der Waals surface area contributed by atoms with Crippen LogP contribution in [0.25, 0.3) is 0 Å². The Bertz CT molecular complexity index is 111. The summed E-state index contributed by atoms with van der Waals surface area (Å²) in [6.07, 6.45) is 1.17.